The molecule has 3 aromatic rings. The molecule has 0 unspecified atom stereocenters. The third-order valence-corrected chi connectivity index (χ3v) is 4.61. The van der Waals surface area contributed by atoms with Crippen LogP contribution in [-0.2, 0) is 20.7 Å². The Balaban J connectivity index is 1.52. The first-order chi connectivity index (χ1) is 12.9. The lowest BCUT2D eigenvalue weighted by atomic mass is 10.2. The zero-order chi connectivity index (χ0) is 19.4. The van der Waals surface area contributed by atoms with E-state index in [9.17, 15) is 14.0 Å². The maximum atomic E-state index is 13.5. The Hall–Kier alpha value is -3.00. The summed E-state index contributed by atoms with van der Waals surface area (Å²) in [6.07, 6.45) is -0.104. The van der Waals surface area contributed by atoms with E-state index in [2.05, 4.69) is 10.3 Å². The number of aryl methyl sites for hydroxylation is 2. The second kappa shape index (κ2) is 8.13. The molecule has 8 heteroatoms. The van der Waals surface area contributed by atoms with Crippen LogP contribution in [0.2, 0.25) is 0 Å². The molecule has 0 saturated heterocycles. The van der Waals surface area contributed by atoms with Crippen LogP contribution in [0.4, 0.5) is 10.1 Å². The molecule has 2 aromatic heterocycles. The minimum Gasteiger partial charge on any atom is -0.455 e. The van der Waals surface area contributed by atoms with Gasteiger partial charge in [-0.05, 0) is 43.0 Å². The number of halogens is 1. The number of anilines is 1. The van der Waals surface area contributed by atoms with Gasteiger partial charge in [0.1, 0.15) is 11.6 Å². The average molecular weight is 388 g/mol. The van der Waals surface area contributed by atoms with E-state index in [4.69, 9.17) is 9.15 Å². The molecule has 1 N–H and O–H groups in total. The topological polar surface area (TPSA) is 81.4 Å². The van der Waals surface area contributed by atoms with Crippen molar-refractivity contribution in [2.45, 2.75) is 20.3 Å². The quantitative estimate of drug-likeness (QED) is 0.648. The second-order valence-electron chi connectivity index (χ2n) is 5.85. The standard InChI is InChI=1S/C19H17FN2O4S/c1-11-5-6-13(8-14(11)20)21-17(23)10-25-18(24)9-15-12(2)26-19(22-15)16-4-3-7-27-16/h3-8H,9-10H2,1-2H3,(H,21,23). The number of thiophene rings is 1. The second-order valence-corrected chi connectivity index (χ2v) is 6.80. The van der Waals surface area contributed by atoms with Crippen LogP contribution in [0.25, 0.3) is 10.8 Å². The monoisotopic (exact) mass is 388 g/mol. The fraction of sp³-hybridized carbons (Fsp3) is 0.211. The Kier molecular flexibility index (Phi) is 5.66. The minimum absolute atomic E-state index is 0.104. The van der Waals surface area contributed by atoms with Crippen molar-refractivity contribution >= 4 is 28.9 Å². The fourth-order valence-electron chi connectivity index (χ4n) is 2.30. The van der Waals surface area contributed by atoms with Crippen molar-refractivity contribution in [2.75, 3.05) is 11.9 Å². The van der Waals surface area contributed by atoms with E-state index >= 15 is 0 Å². The molecular formula is C19H17FN2O4S. The van der Waals surface area contributed by atoms with Gasteiger partial charge >= 0.3 is 5.97 Å². The number of hydrogen-bond acceptors (Lipinski definition) is 6. The molecule has 0 spiro atoms. The van der Waals surface area contributed by atoms with Crippen molar-refractivity contribution in [2.24, 2.45) is 0 Å². The smallest absolute Gasteiger partial charge is 0.312 e. The molecule has 0 bridgehead atoms. The number of rotatable bonds is 6. The van der Waals surface area contributed by atoms with Crippen LogP contribution in [0.3, 0.4) is 0 Å². The minimum atomic E-state index is -0.602. The van der Waals surface area contributed by atoms with Crippen LogP contribution in [0, 0.1) is 19.7 Å². The first kappa shape index (κ1) is 18.8. The van der Waals surface area contributed by atoms with E-state index in [1.165, 1.54) is 17.4 Å². The molecule has 27 heavy (non-hydrogen) atoms. The number of hydrogen-bond donors (Lipinski definition) is 1. The lowest BCUT2D eigenvalue weighted by Crippen LogP contribution is -2.22. The number of nitrogens with one attached hydrogen (secondary N) is 1. The van der Waals surface area contributed by atoms with Gasteiger partial charge in [-0.3, -0.25) is 9.59 Å². The van der Waals surface area contributed by atoms with Crippen LogP contribution in [0.15, 0.2) is 40.1 Å². The first-order valence-corrected chi connectivity index (χ1v) is 9.02. The number of nitrogens with zero attached hydrogens (tertiary/aromatic N) is 1. The predicted octanol–water partition coefficient (Wildman–Crippen LogP) is 3.88. The molecule has 0 saturated carbocycles. The first-order valence-electron chi connectivity index (χ1n) is 8.14. The van der Waals surface area contributed by atoms with Gasteiger partial charge in [0.2, 0.25) is 5.89 Å². The highest BCUT2D eigenvalue weighted by molar-refractivity contribution is 7.13. The number of aromatic nitrogens is 1. The van der Waals surface area contributed by atoms with Crippen LogP contribution in [0.5, 0.6) is 0 Å². The van der Waals surface area contributed by atoms with Gasteiger partial charge in [0.25, 0.3) is 5.91 Å². The highest BCUT2D eigenvalue weighted by atomic mass is 32.1. The van der Waals surface area contributed by atoms with Gasteiger partial charge in [-0.2, -0.15) is 0 Å². The highest BCUT2D eigenvalue weighted by Gasteiger charge is 2.17. The third kappa shape index (κ3) is 4.79. The summed E-state index contributed by atoms with van der Waals surface area (Å²) in [5.74, 6) is -0.607. The van der Waals surface area contributed by atoms with Crippen LogP contribution < -0.4 is 5.32 Å². The number of benzene rings is 1. The largest absolute Gasteiger partial charge is 0.455 e. The SMILES string of the molecule is Cc1ccc(NC(=O)COC(=O)Cc2nc(-c3cccs3)oc2C)cc1F. The van der Waals surface area contributed by atoms with E-state index in [0.29, 0.717) is 28.6 Å². The lowest BCUT2D eigenvalue weighted by Gasteiger charge is -2.07. The van der Waals surface area contributed by atoms with E-state index in [1.54, 1.807) is 26.0 Å². The van der Waals surface area contributed by atoms with Crippen LogP contribution >= 0.6 is 11.3 Å². The number of esters is 1. The summed E-state index contributed by atoms with van der Waals surface area (Å²) in [5, 5.41) is 4.38. The zero-order valence-electron chi connectivity index (χ0n) is 14.7. The summed E-state index contributed by atoms with van der Waals surface area (Å²) in [4.78, 5) is 29.0. The van der Waals surface area contributed by atoms with Crippen molar-refractivity contribution in [3.8, 4) is 10.8 Å². The number of oxazole rings is 1. The Morgan fingerprint density at radius 3 is 2.81 bits per heavy atom. The molecule has 0 atom stereocenters. The van der Waals surface area contributed by atoms with Crippen LogP contribution in [-0.4, -0.2) is 23.5 Å². The van der Waals surface area contributed by atoms with Gasteiger partial charge in [0.15, 0.2) is 6.61 Å². The normalized spacial score (nSPS) is 10.6. The third-order valence-electron chi connectivity index (χ3n) is 3.76. The van der Waals surface area contributed by atoms with E-state index in [0.717, 1.165) is 4.88 Å². The van der Waals surface area contributed by atoms with Gasteiger partial charge in [0, 0.05) is 5.69 Å². The van der Waals surface area contributed by atoms with Crippen molar-refractivity contribution in [1.29, 1.82) is 0 Å². The predicted molar refractivity (Wildman–Crippen MR) is 99.0 cm³/mol. The maximum absolute atomic E-state index is 13.5. The molecule has 6 nitrogen and oxygen atoms in total. The van der Waals surface area contributed by atoms with Gasteiger partial charge in [-0.25, -0.2) is 9.37 Å². The van der Waals surface area contributed by atoms with Gasteiger partial charge in [-0.1, -0.05) is 12.1 Å². The number of carbonyl (C=O) groups is 2. The molecule has 0 aliphatic heterocycles. The lowest BCUT2D eigenvalue weighted by molar-refractivity contribution is -0.146. The summed E-state index contributed by atoms with van der Waals surface area (Å²) in [5.41, 5.74) is 1.24. The van der Waals surface area contributed by atoms with Crippen molar-refractivity contribution in [3.05, 3.63) is 58.5 Å². The highest BCUT2D eigenvalue weighted by Crippen LogP contribution is 2.26. The molecule has 1 amide bonds. The molecule has 0 radical (unpaired) electrons. The van der Waals surface area contributed by atoms with E-state index in [1.807, 2.05) is 17.5 Å². The Morgan fingerprint density at radius 1 is 1.30 bits per heavy atom. The average Bonchev–Trinajstić information content (AvgIpc) is 3.27. The Morgan fingerprint density at radius 2 is 2.11 bits per heavy atom. The maximum Gasteiger partial charge on any atom is 0.312 e. The number of ether oxygens (including phenoxy) is 1. The number of amides is 1. The van der Waals surface area contributed by atoms with E-state index in [-0.39, 0.29) is 6.42 Å². The zero-order valence-corrected chi connectivity index (χ0v) is 15.6. The molecule has 1 aromatic carbocycles. The molecule has 140 valence electrons. The molecular weight excluding hydrogens is 371 g/mol. The van der Waals surface area contributed by atoms with Gasteiger partial charge in [-0.15, -0.1) is 11.3 Å². The van der Waals surface area contributed by atoms with Crippen LogP contribution in [0.1, 0.15) is 17.0 Å². The molecule has 0 aliphatic rings. The van der Waals surface area contributed by atoms with Crippen molar-refractivity contribution in [3.63, 3.8) is 0 Å². The summed E-state index contributed by atoms with van der Waals surface area (Å²) < 4.78 is 24.0. The van der Waals surface area contributed by atoms with Crippen molar-refractivity contribution in [1.82, 2.24) is 4.98 Å². The molecule has 0 aliphatic carbocycles. The summed E-state index contributed by atoms with van der Waals surface area (Å²) in [6.45, 7) is 2.87. The Bertz CT molecular complexity index is 966. The Labute approximate surface area is 159 Å². The summed E-state index contributed by atoms with van der Waals surface area (Å²) in [7, 11) is 0. The fourth-order valence-corrected chi connectivity index (χ4v) is 2.95. The van der Waals surface area contributed by atoms with E-state index < -0.39 is 24.3 Å². The van der Waals surface area contributed by atoms with Gasteiger partial charge in [0.05, 0.1) is 17.0 Å². The molecule has 2 heterocycles. The molecule has 0 fully saturated rings. The van der Waals surface area contributed by atoms with Gasteiger partial charge < -0.3 is 14.5 Å². The number of carbonyl (C=O) groups excluding carboxylic acids is 2. The molecule has 3 rings (SSSR count). The summed E-state index contributed by atoms with van der Waals surface area (Å²) in [6, 6.07) is 8.08. The van der Waals surface area contributed by atoms with Crippen molar-refractivity contribution < 1.29 is 23.1 Å². The summed E-state index contributed by atoms with van der Waals surface area (Å²) >= 11 is 1.48.